The molecule has 1 saturated carbocycles. The Kier molecular flexibility index (Phi) is 3.17. The Bertz CT molecular complexity index is 366. The van der Waals surface area contributed by atoms with Crippen LogP contribution in [0.1, 0.15) is 32.6 Å². The smallest absolute Gasteiger partial charge is 0.326 e. The van der Waals surface area contributed by atoms with Gasteiger partial charge in [0.15, 0.2) is 0 Å². The molecule has 2 fully saturated rings. The largest absolute Gasteiger partial charge is 0.480 e. The van der Waals surface area contributed by atoms with Crippen molar-refractivity contribution in [3.8, 4) is 0 Å². The number of fused-ring (bicyclic) bond motifs is 1. The maximum atomic E-state index is 11.4. The van der Waals surface area contributed by atoms with E-state index >= 15 is 0 Å². The number of amides is 1. The molecule has 2 rings (SSSR count). The summed E-state index contributed by atoms with van der Waals surface area (Å²) in [5, 5.41) is 9.13. The van der Waals surface area contributed by atoms with Crippen molar-refractivity contribution in [1.29, 1.82) is 0 Å². The van der Waals surface area contributed by atoms with E-state index in [0.717, 1.165) is 6.42 Å². The van der Waals surface area contributed by atoms with Gasteiger partial charge in [0.05, 0.1) is 0 Å². The number of ketones is 1. The van der Waals surface area contributed by atoms with E-state index in [0.29, 0.717) is 31.7 Å². The van der Waals surface area contributed by atoms with E-state index in [4.69, 9.17) is 5.11 Å². The number of carboxylic acids is 1. The third kappa shape index (κ3) is 2.33. The minimum absolute atomic E-state index is 0.146. The van der Waals surface area contributed by atoms with Crippen molar-refractivity contribution in [2.24, 2.45) is 11.8 Å². The highest BCUT2D eigenvalue weighted by atomic mass is 16.4. The number of hydrogen-bond acceptors (Lipinski definition) is 3. The first-order valence-corrected chi connectivity index (χ1v) is 6.00. The number of Topliss-reactive ketones (excluding diaryl/α,β-unsaturated/α-hetero) is 1. The van der Waals surface area contributed by atoms with E-state index < -0.39 is 12.0 Å². The lowest BCUT2D eigenvalue weighted by molar-refractivity contribution is -0.155. The van der Waals surface area contributed by atoms with E-state index in [1.807, 2.05) is 0 Å². The van der Waals surface area contributed by atoms with E-state index in [2.05, 4.69) is 0 Å². The first kappa shape index (κ1) is 12.1. The zero-order valence-corrected chi connectivity index (χ0v) is 9.89. The summed E-state index contributed by atoms with van der Waals surface area (Å²) in [5.74, 6) is -0.476. The first-order chi connectivity index (χ1) is 7.99. The maximum absolute atomic E-state index is 11.4. The Balaban J connectivity index is 2.15. The Morgan fingerprint density at radius 2 is 2.06 bits per heavy atom. The lowest BCUT2D eigenvalue weighted by Gasteiger charge is -2.43. The number of nitrogens with zero attached hydrogens (tertiary/aromatic N) is 1. The zero-order valence-electron chi connectivity index (χ0n) is 9.89. The van der Waals surface area contributed by atoms with Crippen molar-refractivity contribution >= 4 is 17.7 Å². The summed E-state index contributed by atoms with van der Waals surface area (Å²) in [4.78, 5) is 35.4. The molecule has 0 unspecified atom stereocenters. The molecule has 3 atom stereocenters. The van der Waals surface area contributed by atoms with Crippen LogP contribution in [0.15, 0.2) is 0 Å². The molecule has 1 N–H and O–H groups in total. The van der Waals surface area contributed by atoms with Crippen LogP contribution in [0, 0.1) is 11.8 Å². The van der Waals surface area contributed by atoms with Gasteiger partial charge in [-0.3, -0.25) is 9.59 Å². The van der Waals surface area contributed by atoms with Gasteiger partial charge in [-0.25, -0.2) is 4.79 Å². The van der Waals surface area contributed by atoms with E-state index in [9.17, 15) is 14.4 Å². The summed E-state index contributed by atoms with van der Waals surface area (Å²) >= 11 is 0. The minimum Gasteiger partial charge on any atom is -0.480 e. The van der Waals surface area contributed by atoms with Crippen LogP contribution >= 0.6 is 0 Å². The highest BCUT2D eigenvalue weighted by molar-refractivity contribution is 5.83. The minimum atomic E-state index is -0.961. The van der Waals surface area contributed by atoms with Crippen molar-refractivity contribution in [3.63, 3.8) is 0 Å². The SMILES string of the molecule is CC(=O)N1C[C@@H]2CCC(=O)C[C@@H]2C[C@H]1C(=O)O. The summed E-state index contributed by atoms with van der Waals surface area (Å²) in [7, 11) is 0. The molecule has 5 heteroatoms. The fourth-order valence-corrected chi connectivity index (χ4v) is 3.04. The Labute approximate surface area is 99.8 Å². The molecule has 0 bridgehead atoms. The molecule has 5 nitrogen and oxygen atoms in total. The summed E-state index contributed by atoms with van der Waals surface area (Å²) in [5.41, 5.74) is 0. The highest BCUT2D eigenvalue weighted by Gasteiger charge is 2.42. The van der Waals surface area contributed by atoms with Gasteiger partial charge >= 0.3 is 5.97 Å². The second-order valence-electron chi connectivity index (χ2n) is 5.06. The number of piperidine rings is 1. The van der Waals surface area contributed by atoms with Crippen LogP contribution in [0.4, 0.5) is 0 Å². The number of carbonyl (C=O) groups excluding carboxylic acids is 2. The second-order valence-corrected chi connectivity index (χ2v) is 5.06. The average Bonchev–Trinajstić information content (AvgIpc) is 2.26. The van der Waals surface area contributed by atoms with Crippen LogP contribution in [0.2, 0.25) is 0 Å². The van der Waals surface area contributed by atoms with Gasteiger partial charge in [-0.15, -0.1) is 0 Å². The lowest BCUT2D eigenvalue weighted by atomic mass is 9.72. The highest BCUT2D eigenvalue weighted by Crippen LogP contribution is 2.37. The van der Waals surface area contributed by atoms with Gasteiger partial charge in [-0.05, 0) is 24.7 Å². The third-order valence-corrected chi connectivity index (χ3v) is 3.97. The number of rotatable bonds is 1. The predicted molar refractivity (Wildman–Crippen MR) is 59.3 cm³/mol. The molecule has 1 aliphatic carbocycles. The van der Waals surface area contributed by atoms with E-state index in [-0.39, 0.29) is 17.6 Å². The van der Waals surface area contributed by atoms with Crippen molar-refractivity contribution in [2.45, 2.75) is 38.6 Å². The third-order valence-electron chi connectivity index (χ3n) is 3.97. The van der Waals surface area contributed by atoms with Gasteiger partial charge in [-0.1, -0.05) is 0 Å². The van der Waals surface area contributed by atoms with Crippen LogP contribution < -0.4 is 0 Å². The van der Waals surface area contributed by atoms with E-state index in [1.54, 1.807) is 0 Å². The van der Waals surface area contributed by atoms with E-state index in [1.165, 1.54) is 11.8 Å². The van der Waals surface area contributed by atoms with Gasteiger partial charge < -0.3 is 10.0 Å². The van der Waals surface area contributed by atoms with Crippen molar-refractivity contribution < 1.29 is 19.5 Å². The molecule has 94 valence electrons. The molecule has 0 aromatic carbocycles. The average molecular weight is 239 g/mol. The van der Waals surface area contributed by atoms with Gasteiger partial charge in [0.25, 0.3) is 0 Å². The van der Waals surface area contributed by atoms with Crippen LogP contribution in [-0.2, 0) is 14.4 Å². The van der Waals surface area contributed by atoms with Crippen molar-refractivity contribution in [2.75, 3.05) is 6.54 Å². The standard InChI is InChI=1S/C12H17NO4/c1-7(14)13-6-8-2-3-10(15)4-9(8)5-11(13)12(16)17/h8-9,11H,2-6H2,1H3,(H,16,17)/t8-,9+,11-/m0/s1. The fraction of sp³-hybridized carbons (Fsp3) is 0.750. The number of carboxylic acid groups (broad SMARTS) is 1. The molecule has 0 aromatic heterocycles. The summed E-state index contributed by atoms with van der Waals surface area (Å²) < 4.78 is 0. The van der Waals surface area contributed by atoms with Gasteiger partial charge in [0.2, 0.25) is 5.91 Å². The number of hydrogen-bond donors (Lipinski definition) is 1. The molecule has 1 amide bonds. The molecule has 2 aliphatic rings. The topological polar surface area (TPSA) is 74.7 Å². The van der Waals surface area contributed by atoms with Crippen molar-refractivity contribution in [3.05, 3.63) is 0 Å². The zero-order chi connectivity index (χ0) is 12.6. The maximum Gasteiger partial charge on any atom is 0.326 e. The normalized spacial score (nSPS) is 33.1. The van der Waals surface area contributed by atoms with Crippen molar-refractivity contribution in [1.82, 2.24) is 4.90 Å². The van der Waals surface area contributed by atoms with Crippen LogP contribution in [0.5, 0.6) is 0 Å². The van der Waals surface area contributed by atoms with Crippen LogP contribution in [-0.4, -0.2) is 40.3 Å². The summed E-state index contributed by atoms with van der Waals surface area (Å²) in [6.07, 6.45) is 2.27. The summed E-state index contributed by atoms with van der Waals surface area (Å²) in [6, 6.07) is -0.750. The number of aliphatic carboxylic acids is 1. The molecule has 1 aliphatic heterocycles. The number of likely N-dealkylation sites (tertiary alicyclic amines) is 1. The molecule has 1 heterocycles. The molecular weight excluding hydrogens is 222 g/mol. The summed E-state index contributed by atoms with van der Waals surface area (Å²) in [6.45, 7) is 1.90. The monoisotopic (exact) mass is 239 g/mol. The lowest BCUT2D eigenvalue weighted by Crippen LogP contribution is -2.54. The number of carbonyl (C=O) groups is 3. The van der Waals surface area contributed by atoms with Gasteiger partial charge in [-0.2, -0.15) is 0 Å². The van der Waals surface area contributed by atoms with Gasteiger partial charge in [0.1, 0.15) is 11.8 Å². The molecule has 17 heavy (non-hydrogen) atoms. The molecule has 1 saturated heterocycles. The Morgan fingerprint density at radius 1 is 1.35 bits per heavy atom. The molecule has 0 spiro atoms. The van der Waals surface area contributed by atoms with Crippen LogP contribution in [0.25, 0.3) is 0 Å². The van der Waals surface area contributed by atoms with Gasteiger partial charge in [0, 0.05) is 26.3 Å². The predicted octanol–water partition coefficient (Wildman–Crippen LogP) is 0.677. The molecular formula is C12H17NO4. The fourth-order valence-electron chi connectivity index (χ4n) is 3.04. The molecule has 0 radical (unpaired) electrons. The Morgan fingerprint density at radius 3 is 2.65 bits per heavy atom. The first-order valence-electron chi connectivity index (χ1n) is 6.00. The Hall–Kier alpha value is -1.39. The van der Waals surface area contributed by atoms with Crippen LogP contribution in [0.3, 0.4) is 0 Å². The second kappa shape index (κ2) is 4.47. The quantitative estimate of drug-likeness (QED) is 0.730. The molecule has 0 aromatic rings.